The molecule has 1 aliphatic rings. The van der Waals surface area contributed by atoms with E-state index in [1.54, 1.807) is 6.08 Å². The van der Waals surface area contributed by atoms with Gasteiger partial charge in [0.25, 0.3) is 0 Å². The van der Waals surface area contributed by atoms with Gasteiger partial charge in [0.1, 0.15) is 23.5 Å². The Hall–Kier alpha value is -1.13. The first-order valence-electron chi connectivity index (χ1n) is 4.75. The van der Waals surface area contributed by atoms with Crippen LogP contribution in [0.15, 0.2) is 24.0 Å². The first kappa shape index (κ1) is 11.4. The molecule has 1 heterocycles. The molecule has 1 unspecified atom stereocenters. The Balaban J connectivity index is 2.36. The molecule has 1 atom stereocenters. The highest BCUT2D eigenvalue weighted by molar-refractivity contribution is 6.30. The fourth-order valence-electron chi connectivity index (χ4n) is 1.53. The van der Waals surface area contributed by atoms with Gasteiger partial charge in [-0.2, -0.15) is 0 Å². The van der Waals surface area contributed by atoms with Crippen LogP contribution >= 0.6 is 11.6 Å². The van der Waals surface area contributed by atoms with E-state index in [1.807, 2.05) is 0 Å². The zero-order valence-corrected chi connectivity index (χ0v) is 8.97. The smallest absolute Gasteiger partial charge is 0.142 e. The molecule has 1 aromatic rings. The van der Waals surface area contributed by atoms with Crippen molar-refractivity contribution in [2.75, 3.05) is 6.61 Å². The number of halogens is 3. The van der Waals surface area contributed by atoms with Crippen LogP contribution in [0.1, 0.15) is 18.1 Å². The van der Waals surface area contributed by atoms with Crippen LogP contribution < -0.4 is 0 Å². The van der Waals surface area contributed by atoms with E-state index in [9.17, 15) is 13.9 Å². The Morgan fingerprint density at radius 3 is 2.69 bits per heavy atom. The minimum absolute atomic E-state index is 0.171. The third kappa shape index (κ3) is 2.03. The Bertz CT molecular complexity index is 446. The summed E-state index contributed by atoms with van der Waals surface area (Å²) < 4.78 is 31.7. The molecule has 16 heavy (non-hydrogen) atoms. The average Bonchev–Trinajstić information content (AvgIpc) is 2.75. The van der Waals surface area contributed by atoms with Gasteiger partial charge in [-0.3, -0.25) is 0 Å². The van der Waals surface area contributed by atoms with Gasteiger partial charge in [-0.05, 0) is 18.2 Å². The minimum Gasteiger partial charge on any atom is -0.495 e. The van der Waals surface area contributed by atoms with Gasteiger partial charge in [0.15, 0.2) is 0 Å². The maximum absolute atomic E-state index is 13.4. The minimum atomic E-state index is -1.28. The van der Waals surface area contributed by atoms with Gasteiger partial charge in [0, 0.05) is 12.0 Å². The second-order valence-electron chi connectivity index (χ2n) is 3.43. The van der Waals surface area contributed by atoms with Gasteiger partial charge in [0.05, 0.1) is 11.6 Å². The zero-order valence-electron chi connectivity index (χ0n) is 8.21. The van der Waals surface area contributed by atoms with Crippen molar-refractivity contribution in [3.8, 4) is 0 Å². The van der Waals surface area contributed by atoms with Crippen LogP contribution in [0.2, 0.25) is 5.02 Å². The molecule has 0 amide bonds. The van der Waals surface area contributed by atoms with Gasteiger partial charge in [-0.1, -0.05) is 11.6 Å². The highest BCUT2D eigenvalue weighted by atomic mass is 35.5. The molecule has 0 aromatic heterocycles. The summed E-state index contributed by atoms with van der Waals surface area (Å²) in [5.74, 6) is -1.27. The lowest BCUT2D eigenvalue weighted by molar-refractivity contribution is 0.116. The summed E-state index contributed by atoms with van der Waals surface area (Å²) in [5, 5.41) is 9.46. The number of benzene rings is 1. The van der Waals surface area contributed by atoms with Crippen LogP contribution in [0.3, 0.4) is 0 Å². The lowest BCUT2D eigenvalue weighted by Gasteiger charge is -2.13. The molecule has 0 fully saturated rings. The largest absolute Gasteiger partial charge is 0.495 e. The normalized spacial score (nSPS) is 16.9. The lowest BCUT2D eigenvalue weighted by Crippen LogP contribution is -2.05. The van der Waals surface area contributed by atoms with Crippen LogP contribution in [0, 0.1) is 11.6 Å². The summed E-state index contributed by atoms with van der Waals surface area (Å²) in [7, 11) is 0. The second-order valence-corrected chi connectivity index (χ2v) is 3.84. The summed E-state index contributed by atoms with van der Waals surface area (Å²) in [6.07, 6.45) is 1.02. The van der Waals surface area contributed by atoms with Crippen LogP contribution in [0.4, 0.5) is 8.78 Å². The van der Waals surface area contributed by atoms with Crippen molar-refractivity contribution in [2.24, 2.45) is 0 Å². The summed E-state index contributed by atoms with van der Waals surface area (Å²) >= 11 is 5.41. The molecule has 5 heteroatoms. The van der Waals surface area contributed by atoms with Gasteiger partial charge in [-0.25, -0.2) is 8.78 Å². The van der Waals surface area contributed by atoms with Crippen LogP contribution in [-0.2, 0) is 4.74 Å². The number of hydrogen-bond acceptors (Lipinski definition) is 2. The molecule has 86 valence electrons. The van der Waals surface area contributed by atoms with E-state index in [4.69, 9.17) is 16.3 Å². The average molecular weight is 247 g/mol. The van der Waals surface area contributed by atoms with E-state index in [0.717, 1.165) is 12.1 Å². The molecule has 0 aliphatic carbocycles. The van der Waals surface area contributed by atoms with Crippen LogP contribution in [0.5, 0.6) is 0 Å². The SMILES string of the molecule is OC(C1=CCCO1)c1cc(F)c(Cl)cc1F. The van der Waals surface area contributed by atoms with Crippen molar-refractivity contribution in [3.63, 3.8) is 0 Å². The number of aliphatic hydroxyl groups excluding tert-OH is 1. The van der Waals surface area contributed by atoms with Gasteiger partial charge in [-0.15, -0.1) is 0 Å². The maximum Gasteiger partial charge on any atom is 0.142 e. The van der Waals surface area contributed by atoms with E-state index in [2.05, 4.69) is 0 Å². The van der Waals surface area contributed by atoms with E-state index in [1.165, 1.54) is 0 Å². The summed E-state index contributed by atoms with van der Waals surface area (Å²) in [6.45, 7) is 0.448. The molecule has 0 saturated heterocycles. The van der Waals surface area contributed by atoms with Crippen LogP contribution in [0.25, 0.3) is 0 Å². The van der Waals surface area contributed by atoms with Crippen molar-refractivity contribution in [1.82, 2.24) is 0 Å². The standard InChI is InChI=1S/C11H9ClF2O2/c12-7-5-8(13)6(4-9(7)14)11(15)10-2-1-3-16-10/h2,4-5,11,15H,1,3H2. The zero-order chi connectivity index (χ0) is 11.7. The highest BCUT2D eigenvalue weighted by Crippen LogP contribution is 2.30. The molecule has 0 spiro atoms. The van der Waals surface area contributed by atoms with Crippen LogP contribution in [-0.4, -0.2) is 11.7 Å². The van der Waals surface area contributed by atoms with Gasteiger partial charge in [0.2, 0.25) is 0 Å². The van der Waals surface area contributed by atoms with E-state index in [0.29, 0.717) is 13.0 Å². The fraction of sp³-hybridized carbons (Fsp3) is 0.273. The fourth-order valence-corrected chi connectivity index (χ4v) is 1.68. The molecule has 0 saturated carbocycles. The van der Waals surface area contributed by atoms with Crippen molar-refractivity contribution in [2.45, 2.75) is 12.5 Å². The molecule has 1 N–H and O–H groups in total. The number of hydrogen-bond donors (Lipinski definition) is 1. The van der Waals surface area contributed by atoms with E-state index in [-0.39, 0.29) is 16.3 Å². The molecular formula is C11H9ClF2O2. The molecule has 2 rings (SSSR count). The Morgan fingerprint density at radius 2 is 2.06 bits per heavy atom. The molecular weight excluding hydrogens is 238 g/mol. The van der Waals surface area contributed by atoms with Crippen molar-refractivity contribution < 1.29 is 18.6 Å². The Labute approximate surface area is 96.1 Å². The molecule has 0 bridgehead atoms. The topological polar surface area (TPSA) is 29.5 Å². The molecule has 1 aromatic carbocycles. The lowest BCUT2D eigenvalue weighted by atomic mass is 10.1. The van der Waals surface area contributed by atoms with Crippen molar-refractivity contribution >= 4 is 11.6 Å². The van der Waals surface area contributed by atoms with E-state index < -0.39 is 17.7 Å². The quantitative estimate of drug-likeness (QED) is 0.813. The Kier molecular flexibility index (Phi) is 3.12. The molecule has 0 radical (unpaired) electrons. The predicted octanol–water partition coefficient (Wildman–Crippen LogP) is 2.96. The third-order valence-electron chi connectivity index (χ3n) is 2.34. The van der Waals surface area contributed by atoms with Gasteiger partial charge >= 0.3 is 0 Å². The summed E-state index contributed by atoms with van der Waals surface area (Å²) in [6, 6.07) is 1.72. The maximum atomic E-state index is 13.4. The summed E-state index contributed by atoms with van der Waals surface area (Å²) in [5.41, 5.74) is -0.171. The Morgan fingerprint density at radius 1 is 1.31 bits per heavy atom. The first-order valence-corrected chi connectivity index (χ1v) is 5.12. The summed E-state index contributed by atoms with van der Waals surface area (Å²) in [4.78, 5) is 0. The van der Waals surface area contributed by atoms with Crippen molar-refractivity contribution in [1.29, 1.82) is 0 Å². The molecule has 1 aliphatic heterocycles. The highest BCUT2D eigenvalue weighted by Gasteiger charge is 2.22. The van der Waals surface area contributed by atoms with Crippen molar-refractivity contribution in [3.05, 3.63) is 46.2 Å². The van der Waals surface area contributed by atoms with E-state index >= 15 is 0 Å². The third-order valence-corrected chi connectivity index (χ3v) is 2.63. The first-order chi connectivity index (χ1) is 7.59. The number of aliphatic hydroxyl groups is 1. The number of rotatable bonds is 2. The monoisotopic (exact) mass is 246 g/mol. The molecule has 2 nitrogen and oxygen atoms in total. The predicted molar refractivity (Wildman–Crippen MR) is 55.0 cm³/mol. The number of ether oxygens (including phenoxy) is 1. The second kappa shape index (κ2) is 4.39. The van der Waals surface area contributed by atoms with Gasteiger partial charge < -0.3 is 9.84 Å².